The SMILES string of the molecule is Cc1cccc(C)c1-c1cc2nc(n1)NS(=O)(=O)c1cccc(c1)C(=O)N(Cc1ncc(OC(C)C)cn1)[C@H](CC1(C)CC1)CO2. The van der Waals surface area contributed by atoms with Gasteiger partial charge in [0.2, 0.25) is 11.8 Å². The predicted octanol–water partition coefficient (Wildman–Crippen LogP) is 5.73. The molecule has 0 saturated heterocycles. The molecule has 240 valence electrons. The van der Waals surface area contributed by atoms with Crippen LogP contribution in [-0.2, 0) is 16.6 Å². The molecule has 12 heteroatoms. The fourth-order valence-corrected chi connectivity index (χ4v) is 6.73. The average Bonchev–Trinajstić information content (AvgIpc) is 3.74. The van der Waals surface area contributed by atoms with Crippen molar-refractivity contribution >= 4 is 21.9 Å². The minimum atomic E-state index is -4.16. The molecule has 46 heavy (non-hydrogen) atoms. The Morgan fingerprint density at radius 2 is 1.74 bits per heavy atom. The van der Waals surface area contributed by atoms with Crippen LogP contribution in [0, 0.1) is 19.3 Å². The second-order valence-electron chi connectivity index (χ2n) is 12.7. The minimum Gasteiger partial charge on any atom is -0.488 e. The summed E-state index contributed by atoms with van der Waals surface area (Å²) < 4.78 is 41.8. The lowest BCUT2D eigenvalue weighted by Crippen LogP contribution is -2.44. The van der Waals surface area contributed by atoms with Crippen LogP contribution in [0.4, 0.5) is 5.95 Å². The van der Waals surface area contributed by atoms with Gasteiger partial charge in [0.1, 0.15) is 12.4 Å². The van der Waals surface area contributed by atoms with Crippen LogP contribution in [-0.4, -0.2) is 57.9 Å². The molecule has 1 aliphatic heterocycles. The highest BCUT2D eigenvalue weighted by Crippen LogP contribution is 2.49. The number of fused-ring (bicyclic) bond motifs is 4. The molecule has 1 atom stereocenters. The fourth-order valence-electron chi connectivity index (χ4n) is 5.74. The molecule has 6 rings (SSSR count). The average molecular weight is 643 g/mol. The molecule has 4 bridgehead atoms. The Hall–Kier alpha value is -4.58. The molecule has 3 heterocycles. The summed E-state index contributed by atoms with van der Waals surface area (Å²) in [5, 5.41) is 0. The van der Waals surface area contributed by atoms with Crippen molar-refractivity contribution in [1.82, 2.24) is 24.8 Å². The summed E-state index contributed by atoms with van der Waals surface area (Å²) in [5.74, 6) is 0.679. The van der Waals surface area contributed by atoms with Gasteiger partial charge in [0.25, 0.3) is 15.9 Å². The number of anilines is 1. The van der Waals surface area contributed by atoms with Crippen LogP contribution < -0.4 is 14.2 Å². The second kappa shape index (κ2) is 12.3. The number of rotatable bonds is 7. The lowest BCUT2D eigenvalue weighted by molar-refractivity contribution is 0.0533. The number of aryl methyl sites for hydroxylation is 2. The van der Waals surface area contributed by atoms with Gasteiger partial charge in [0, 0.05) is 17.2 Å². The van der Waals surface area contributed by atoms with E-state index in [1.165, 1.54) is 12.1 Å². The van der Waals surface area contributed by atoms with Gasteiger partial charge in [-0.05, 0) is 81.7 Å². The van der Waals surface area contributed by atoms with Crippen molar-refractivity contribution in [2.24, 2.45) is 5.41 Å². The van der Waals surface area contributed by atoms with Crippen LogP contribution in [0.15, 0.2) is 65.8 Å². The van der Waals surface area contributed by atoms with E-state index in [0.29, 0.717) is 23.7 Å². The zero-order valence-electron chi connectivity index (χ0n) is 26.6. The van der Waals surface area contributed by atoms with E-state index in [2.05, 4.69) is 31.6 Å². The van der Waals surface area contributed by atoms with E-state index in [-0.39, 0.29) is 52.9 Å². The largest absolute Gasteiger partial charge is 0.488 e. The third-order valence-corrected chi connectivity index (χ3v) is 9.71. The van der Waals surface area contributed by atoms with Crippen molar-refractivity contribution < 1.29 is 22.7 Å². The molecule has 1 amide bonds. The Kier molecular flexibility index (Phi) is 8.41. The molecule has 1 saturated carbocycles. The molecular formula is C34H38N6O5S. The van der Waals surface area contributed by atoms with Gasteiger partial charge in [0.15, 0.2) is 5.75 Å². The Morgan fingerprint density at radius 1 is 1.04 bits per heavy atom. The monoisotopic (exact) mass is 642 g/mol. The molecule has 1 fully saturated rings. The van der Waals surface area contributed by atoms with Gasteiger partial charge in [-0.15, -0.1) is 0 Å². The number of hydrogen-bond donors (Lipinski definition) is 1. The number of nitrogens with one attached hydrogen (secondary N) is 1. The van der Waals surface area contributed by atoms with E-state index in [4.69, 9.17) is 9.47 Å². The number of nitrogens with zero attached hydrogens (tertiary/aromatic N) is 5. The van der Waals surface area contributed by atoms with Crippen LogP contribution in [0.3, 0.4) is 0 Å². The Labute approximate surface area is 269 Å². The van der Waals surface area contributed by atoms with Crippen molar-refractivity contribution in [2.75, 3.05) is 11.3 Å². The number of amides is 1. The highest BCUT2D eigenvalue weighted by molar-refractivity contribution is 7.92. The number of aromatic nitrogens is 4. The molecule has 4 aromatic rings. The maximum atomic E-state index is 14.3. The molecule has 2 aromatic carbocycles. The van der Waals surface area contributed by atoms with Crippen LogP contribution in [0.5, 0.6) is 11.6 Å². The number of hydrogen-bond acceptors (Lipinski definition) is 9. The molecular weight excluding hydrogens is 604 g/mol. The molecule has 11 nitrogen and oxygen atoms in total. The summed E-state index contributed by atoms with van der Waals surface area (Å²) in [6.07, 6.45) is 5.90. The summed E-state index contributed by atoms with van der Waals surface area (Å²) >= 11 is 0. The molecule has 0 radical (unpaired) electrons. The maximum Gasteiger partial charge on any atom is 0.264 e. The van der Waals surface area contributed by atoms with Gasteiger partial charge in [0.05, 0.1) is 41.7 Å². The highest BCUT2D eigenvalue weighted by atomic mass is 32.2. The molecule has 1 aliphatic carbocycles. The van der Waals surface area contributed by atoms with Crippen molar-refractivity contribution in [2.45, 2.75) is 77.5 Å². The first-order chi connectivity index (χ1) is 21.9. The van der Waals surface area contributed by atoms with E-state index in [1.54, 1.807) is 35.5 Å². The number of sulfonamides is 1. The molecule has 0 spiro atoms. The molecule has 2 aliphatic rings. The Morgan fingerprint density at radius 3 is 2.41 bits per heavy atom. The summed E-state index contributed by atoms with van der Waals surface area (Å²) in [5.41, 5.74) is 3.61. The summed E-state index contributed by atoms with van der Waals surface area (Å²) in [6, 6.07) is 13.2. The first kappa shape index (κ1) is 31.4. The van der Waals surface area contributed by atoms with Crippen LogP contribution in [0.2, 0.25) is 0 Å². The Balaban J connectivity index is 1.45. The first-order valence-corrected chi connectivity index (χ1v) is 16.9. The van der Waals surface area contributed by atoms with Gasteiger partial charge in [-0.3, -0.25) is 4.79 Å². The standard InChI is InChI=1S/C34H38N6O5S/c1-21(2)45-26-17-35-29(36-18-26)19-40-25(16-34(5)12-13-34)20-44-30-15-28(31-22(3)8-6-9-23(31)4)37-33(38-30)39-46(42,43)27-11-7-10-24(14-27)32(40)41/h6-11,14-15,17-18,21,25H,12-13,16,19-20H2,1-5H3,(H,37,38,39)/t25-/m1/s1. The Bertz CT molecular complexity index is 1860. The van der Waals surface area contributed by atoms with Crippen molar-refractivity contribution in [3.63, 3.8) is 0 Å². The zero-order chi connectivity index (χ0) is 32.6. The summed E-state index contributed by atoms with van der Waals surface area (Å²) in [4.78, 5) is 33.9. The van der Waals surface area contributed by atoms with Gasteiger partial charge < -0.3 is 14.4 Å². The maximum absolute atomic E-state index is 14.3. The van der Waals surface area contributed by atoms with Gasteiger partial charge >= 0.3 is 0 Å². The number of carbonyl (C=O) groups excluding carboxylic acids is 1. The van der Waals surface area contributed by atoms with Crippen LogP contribution in [0.25, 0.3) is 11.3 Å². The highest BCUT2D eigenvalue weighted by Gasteiger charge is 2.42. The lowest BCUT2D eigenvalue weighted by atomic mass is 9.97. The number of ether oxygens (including phenoxy) is 2. The smallest absolute Gasteiger partial charge is 0.264 e. The van der Waals surface area contributed by atoms with Crippen LogP contribution in [0.1, 0.15) is 67.3 Å². The summed E-state index contributed by atoms with van der Waals surface area (Å²) in [7, 11) is -4.16. The quantitative estimate of drug-likeness (QED) is 0.268. The van der Waals surface area contributed by atoms with Gasteiger partial charge in [-0.2, -0.15) is 4.98 Å². The van der Waals surface area contributed by atoms with E-state index in [1.807, 2.05) is 45.9 Å². The van der Waals surface area contributed by atoms with Crippen LogP contribution >= 0.6 is 0 Å². The molecule has 1 N–H and O–H groups in total. The predicted molar refractivity (Wildman–Crippen MR) is 173 cm³/mol. The fraction of sp³-hybridized carbons (Fsp3) is 0.382. The first-order valence-electron chi connectivity index (χ1n) is 15.4. The zero-order valence-corrected chi connectivity index (χ0v) is 27.5. The van der Waals surface area contributed by atoms with E-state index < -0.39 is 16.1 Å². The topological polar surface area (TPSA) is 136 Å². The van der Waals surface area contributed by atoms with Gasteiger partial charge in [-0.1, -0.05) is 31.2 Å². The second-order valence-corrected chi connectivity index (χ2v) is 14.4. The molecule has 2 aromatic heterocycles. The summed E-state index contributed by atoms with van der Waals surface area (Å²) in [6.45, 7) is 10.2. The normalized spacial score (nSPS) is 18.4. The van der Waals surface area contributed by atoms with E-state index >= 15 is 0 Å². The van der Waals surface area contributed by atoms with Crippen molar-refractivity contribution in [3.05, 3.63) is 83.4 Å². The third-order valence-electron chi connectivity index (χ3n) is 8.38. The van der Waals surface area contributed by atoms with E-state index in [0.717, 1.165) is 29.5 Å². The minimum absolute atomic E-state index is 0.0356. The van der Waals surface area contributed by atoms with E-state index in [9.17, 15) is 13.2 Å². The molecule has 0 unspecified atom stereocenters. The van der Waals surface area contributed by atoms with Crippen molar-refractivity contribution in [1.29, 1.82) is 0 Å². The number of carbonyl (C=O) groups is 1. The van der Waals surface area contributed by atoms with Gasteiger partial charge in [-0.25, -0.2) is 28.1 Å². The lowest BCUT2D eigenvalue weighted by Gasteiger charge is -2.33. The van der Waals surface area contributed by atoms with Crippen molar-refractivity contribution in [3.8, 4) is 22.9 Å². The number of benzene rings is 2. The third kappa shape index (κ3) is 6.96.